The van der Waals surface area contributed by atoms with E-state index in [-0.39, 0.29) is 12.1 Å². The molecule has 0 unspecified atom stereocenters. The van der Waals surface area contributed by atoms with Crippen LogP contribution >= 0.6 is 23.2 Å². The Morgan fingerprint density at radius 2 is 2.25 bits per heavy atom. The normalized spacial score (nSPS) is 22.4. The summed E-state index contributed by atoms with van der Waals surface area (Å²) in [6.07, 6.45) is 0.835. The second-order valence-corrected chi connectivity index (χ2v) is 5.87. The molecule has 0 spiro atoms. The Morgan fingerprint density at radius 1 is 1.45 bits per heavy atom. The van der Waals surface area contributed by atoms with E-state index in [1.807, 2.05) is 7.05 Å². The smallest absolute Gasteiger partial charge is 0.138 e. The Balaban J connectivity index is 1.86. The van der Waals surface area contributed by atoms with Gasteiger partial charge in [0.25, 0.3) is 0 Å². The van der Waals surface area contributed by atoms with Crippen LogP contribution < -0.4 is 4.74 Å². The monoisotopic (exact) mass is 319 g/mol. The molecule has 4 nitrogen and oxygen atoms in total. The van der Waals surface area contributed by atoms with Gasteiger partial charge in [-0.1, -0.05) is 23.2 Å². The first-order valence-corrected chi connectivity index (χ1v) is 7.31. The lowest BCUT2D eigenvalue weighted by Crippen LogP contribution is -2.51. The number of hydrogen-bond acceptors (Lipinski definition) is 4. The van der Waals surface area contributed by atoms with Crippen molar-refractivity contribution in [1.29, 1.82) is 0 Å². The van der Waals surface area contributed by atoms with E-state index in [4.69, 9.17) is 32.7 Å². The van der Waals surface area contributed by atoms with Gasteiger partial charge in [0.05, 0.1) is 23.8 Å². The summed E-state index contributed by atoms with van der Waals surface area (Å²) in [7, 11) is 1.97. The van der Waals surface area contributed by atoms with Crippen molar-refractivity contribution >= 4 is 23.2 Å². The molecule has 0 bridgehead atoms. The van der Waals surface area contributed by atoms with Crippen LogP contribution in [0.4, 0.5) is 0 Å². The lowest BCUT2D eigenvalue weighted by Gasteiger charge is -2.35. The average Bonchev–Trinajstić information content (AvgIpc) is 2.91. The molecule has 1 aliphatic rings. The third kappa shape index (κ3) is 3.57. The Morgan fingerprint density at radius 3 is 2.85 bits per heavy atom. The SMILES string of the molecule is CN(CCOc1ccc(Cl)cc1Cl)[C@]1(CO)CCOC1. The molecule has 20 heavy (non-hydrogen) atoms. The highest BCUT2D eigenvalue weighted by molar-refractivity contribution is 6.35. The van der Waals surface area contributed by atoms with Crippen molar-refractivity contribution < 1.29 is 14.6 Å². The molecule has 1 saturated heterocycles. The summed E-state index contributed by atoms with van der Waals surface area (Å²) in [6, 6.07) is 5.15. The maximum atomic E-state index is 9.58. The van der Waals surface area contributed by atoms with Crippen LogP contribution in [0.5, 0.6) is 5.75 Å². The van der Waals surface area contributed by atoms with Crippen LogP contribution in [0.25, 0.3) is 0 Å². The van der Waals surface area contributed by atoms with E-state index in [0.29, 0.717) is 42.2 Å². The van der Waals surface area contributed by atoms with Crippen molar-refractivity contribution in [2.45, 2.75) is 12.0 Å². The number of rotatable bonds is 6. The van der Waals surface area contributed by atoms with Crippen molar-refractivity contribution in [1.82, 2.24) is 4.90 Å². The minimum atomic E-state index is -0.285. The fourth-order valence-corrected chi connectivity index (χ4v) is 2.73. The highest BCUT2D eigenvalue weighted by Gasteiger charge is 2.38. The predicted molar refractivity (Wildman–Crippen MR) is 79.8 cm³/mol. The zero-order valence-electron chi connectivity index (χ0n) is 11.4. The minimum absolute atomic E-state index is 0.0885. The van der Waals surface area contributed by atoms with Gasteiger partial charge in [0.1, 0.15) is 12.4 Å². The van der Waals surface area contributed by atoms with Gasteiger partial charge >= 0.3 is 0 Å². The van der Waals surface area contributed by atoms with Gasteiger partial charge < -0.3 is 14.6 Å². The first kappa shape index (κ1) is 15.9. The molecule has 1 fully saturated rings. The fraction of sp³-hybridized carbons (Fsp3) is 0.571. The maximum Gasteiger partial charge on any atom is 0.138 e. The van der Waals surface area contributed by atoms with Gasteiger partial charge in [-0.3, -0.25) is 4.90 Å². The number of aliphatic hydroxyl groups is 1. The Hall–Kier alpha value is -0.520. The van der Waals surface area contributed by atoms with Gasteiger partial charge in [0, 0.05) is 18.2 Å². The largest absolute Gasteiger partial charge is 0.491 e. The molecule has 0 radical (unpaired) electrons. The Bertz CT molecular complexity index is 450. The molecule has 1 aromatic rings. The van der Waals surface area contributed by atoms with E-state index in [1.165, 1.54) is 0 Å². The summed E-state index contributed by atoms with van der Waals surface area (Å²) >= 11 is 11.9. The van der Waals surface area contributed by atoms with Crippen LogP contribution in [0.3, 0.4) is 0 Å². The van der Waals surface area contributed by atoms with Crippen molar-refractivity contribution in [3.63, 3.8) is 0 Å². The molecule has 0 amide bonds. The van der Waals surface area contributed by atoms with E-state index >= 15 is 0 Å². The zero-order valence-corrected chi connectivity index (χ0v) is 13.0. The maximum absolute atomic E-state index is 9.58. The van der Waals surface area contributed by atoms with Gasteiger partial charge in [-0.15, -0.1) is 0 Å². The number of likely N-dealkylation sites (N-methyl/N-ethyl adjacent to an activating group) is 1. The van der Waals surface area contributed by atoms with Crippen LogP contribution in [0.1, 0.15) is 6.42 Å². The molecule has 0 aromatic heterocycles. The zero-order chi connectivity index (χ0) is 14.6. The summed E-state index contributed by atoms with van der Waals surface area (Å²) in [5.41, 5.74) is -0.285. The first-order chi connectivity index (χ1) is 9.57. The number of hydrogen-bond donors (Lipinski definition) is 1. The summed E-state index contributed by atoms with van der Waals surface area (Å²) in [4.78, 5) is 2.09. The van der Waals surface area contributed by atoms with E-state index < -0.39 is 0 Å². The van der Waals surface area contributed by atoms with Crippen LogP contribution in [-0.2, 0) is 4.74 Å². The van der Waals surface area contributed by atoms with Crippen LogP contribution in [0.2, 0.25) is 10.0 Å². The molecule has 112 valence electrons. The number of aliphatic hydroxyl groups excluding tert-OH is 1. The van der Waals surface area contributed by atoms with Crippen molar-refractivity contribution in [3.05, 3.63) is 28.2 Å². The molecule has 6 heteroatoms. The predicted octanol–water partition coefficient (Wildman–Crippen LogP) is 2.46. The van der Waals surface area contributed by atoms with E-state index in [2.05, 4.69) is 4.90 Å². The summed E-state index contributed by atoms with van der Waals surface area (Å²) in [5, 5.41) is 10.7. The van der Waals surface area contributed by atoms with E-state index in [1.54, 1.807) is 18.2 Å². The fourth-order valence-electron chi connectivity index (χ4n) is 2.26. The highest BCUT2D eigenvalue weighted by atomic mass is 35.5. The van der Waals surface area contributed by atoms with Gasteiger partial charge in [-0.05, 0) is 31.7 Å². The molecule has 0 aliphatic carbocycles. The third-order valence-electron chi connectivity index (χ3n) is 3.76. The van der Waals surface area contributed by atoms with Crippen LogP contribution in [-0.4, -0.2) is 55.6 Å². The number of benzene rings is 1. The lowest BCUT2D eigenvalue weighted by atomic mass is 9.98. The molecule has 1 aliphatic heterocycles. The molecular formula is C14H19Cl2NO3. The minimum Gasteiger partial charge on any atom is -0.491 e. The van der Waals surface area contributed by atoms with Gasteiger partial charge in [0.15, 0.2) is 0 Å². The molecule has 1 aromatic carbocycles. The standard InChI is InChI=1S/C14H19Cl2NO3/c1-17(14(9-18)4-6-19-10-14)5-7-20-13-3-2-11(15)8-12(13)16/h2-3,8,18H,4-7,9-10H2,1H3/t14-/m0/s1. The second kappa shape index (κ2) is 6.96. The topological polar surface area (TPSA) is 41.9 Å². The molecule has 1 N–H and O–H groups in total. The summed E-state index contributed by atoms with van der Waals surface area (Å²) in [5.74, 6) is 0.616. The van der Waals surface area contributed by atoms with E-state index in [9.17, 15) is 5.11 Å². The quantitative estimate of drug-likeness (QED) is 0.874. The van der Waals surface area contributed by atoms with Crippen LogP contribution in [0, 0.1) is 0 Å². The van der Waals surface area contributed by atoms with Crippen molar-refractivity contribution in [3.8, 4) is 5.75 Å². The third-order valence-corrected chi connectivity index (χ3v) is 4.30. The number of ether oxygens (including phenoxy) is 2. The molecule has 0 saturated carbocycles. The molecular weight excluding hydrogens is 301 g/mol. The molecule has 1 atom stereocenters. The van der Waals surface area contributed by atoms with Gasteiger partial charge in [0.2, 0.25) is 0 Å². The first-order valence-electron chi connectivity index (χ1n) is 6.55. The van der Waals surface area contributed by atoms with Crippen molar-refractivity contribution in [2.24, 2.45) is 0 Å². The van der Waals surface area contributed by atoms with E-state index in [0.717, 1.165) is 6.42 Å². The Kier molecular flexibility index (Phi) is 5.52. The summed E-state index contributed by atoms with van der Waals surface area (Å²) in [6.45, 7) is 2.50. The number of nitrogens with zero attached hydrogens (tertiary/aromatic N) is 1. The van der Waals surface area contributed by atoms with Gasteiger partial charge in [-0.25, -0.2) is 0 Å². The Labute approximate surface area is 129 Å². The summed E-state index contributed by atoms with van der Waals surface area (Å²) < 4.78 is 11.0. The van der Waals surface area contributed by atoms with Crippen LogP contribution in [0.15, 0.2) is 18.2 Å². The second-order valence-electron chi connectivity index (χ2n) is 5.03. The average molecular weight is 320 g/mol. The lowest BCUT2D eigenvalue weighted by molar-refractivity contribution is 0.0291. The molecule has 2 rings (SSSR count). The molecule has 1 heterocycles. The number of halogens is 2. The van der Waals surface area contributed by atoms with Crippen molar-refractivity contribution in [2.75, 3.05) is 40.0 Å². The van der Waals surface area contributed by atoms with Gasteiger partial charge in [-0.2, -0.15) is 0 Å². The highest BCUT2D eigenvalue weighted by Crippen LogP contribution is 2.28.